The highest BCUT2D eigenvalue weighted by molar-refractivity contribution is 5.85. The minimum atomic E-state index is -0.820. The smallest absolute Gasteiger partial charge is 0.317 e. The maximum atomic E-state index is 11.4. The van der Waals surface area contributed by atoms with Gasteiger partial charge >= 0.3 is 5.97 Å². The highest BCUT2D eigenvalue weighted by Crippen LogP contribution is 2.59. The van der Waals surface area contributed by atoms with E-state index in [1.54, 1.807) is 0 Å². The van der Waals surface area contributed by atoms with Gasteiger partial charge in [-0.3, -0.25) is 4.79 Å². The van der Waals surface area contributed by atoms with E-state index >= 15 is 0 Å². The first-order valence-electron chi connectivity index (χ1n) is 12.3. The number of hydrogen-bond donors (Lipinski definition) is 3. The van der Waals surface area contributed by atoms with Crippen molar-refractivity contribution < 1.29 is 9.90 Å². The van der Waals surface area contributed by atoms with Crippen molar-refractivity contribution >= 4 is 18.4 Å². The molecule has 1 aliphatic rings. The zero-order valence-corrected chi connectivity index (χ0v) is 22.5. The molecule has 0 fully saturated rings. The maximum Gasteiger partial charge on any atom is 0.317 e. The number of nitrogens with zero attached hydrogens (tertiary/aromatic N) is 1. The minimum absolute atomic E-state index is 0. The molecule has 0 bridgehead atoms. The van der Waals surface area contributed by atoms with Crippen molar-refractivity contribution in [1.29, 1.82) is 0 Å². The molecule has 1 aromatic rings. The van der Waals surface area contributed by atoms with Crippen LogP contribution in [0.15, 0.2) is 35.5 Å². The van der Waals surface area contributed by atoms with Gasteiger partial charge in [0.05, 0.1) is 6.54 Å². The molecule has 33 heavy (non-hydrogen) atoms. The second kappa shape index (κ2) is 12.2. The topological polar surface area (TPSA) is 78.6 Å². The fraction of sp³-hybridized carbons (Fsp3) is 0.667. The molecule has 6 heteroatoms. The molecular weight excluding hydrogens is 434 g/mol. The molecule has 188 valence electrons. The molecule has 3 atom stereocenters. The van der Waals surface area contributed by atoms with Crippen molar-refractivity contribution in [2.45, 2.75) is 79.2 Å². The van der Waals surface area contributed by atoms with E-state index in [0.717, 1.165) is 25.8 Å². The second-order valence-corrected chi connectivity index (χ2v) is 10.00. The Bertz CT molecular complexity index is 808. The Kier molecular flexibility index (Phi) is 10.9. The Labute approximate surface area is 207 Å². The van der Waals surface area contributed by atoms with Gasteiger partial charge in [0.25, 0.3) is 0 Å². The first kappa shape index (κ1) is 29.5. The monoisotopic (exact) mass is 479 g/mol. The summed E-state index contributed by atoms with van der Waals surface area (Å²) in [6, 6.07) is 8.88. The zero-order chi connectivity index (χ0) is 24.1. The summed E-state index contributed by atoms with van der Waals surface area (Å²) in [5.74, 6) is -0.153. The van der Waals surface area contributed by atoms with E-state index in [1.807, 2.05) is 0 Å². The van der Waals surface area contributed by atoms with Crippen LogP contribution in [0, 0.1) is 18.3 Å². The van der Waals surface area contributed by atoms with Crippen LogP contribution in [0.5, 0.6) is 0 Å². The molecule has 2 rings (SSSR count). The van der Waals surface area contributed by atoms with Gasteiger partial charge in [-0.05, 0) is 57.1 Å². The molecule has 0 saturated carbocycles. The molecular formula is C27H46ClN3O2. The average molecular weight is 480 g/mol. The molecule has 0 aromatic heterocycles. The summed E-state index contributed by atoms with van der Waals surface area (Å²) in [7, 11) is 0. The van der Waals surface area contributed by atoms with Crippen molar-refractivity contribution in [2.75, 3.05) is 26.2 Å². The number of hydrogen-bond acceptors (Lipinski definition) is 4. The van der Waals surface area contributed by atoms with Gasteiger partial charge in [0, 0.05) is 42.2 Å². The van der Waals surface area contributed by atoms with Crippen LogP contribution in [0.2, 0.25) is 0 Å². The van der Waals surface area contributed by atoms with Gasteiger partial charge in [-0.15, -0.1) is 12.4 Å². The van der Waals surface area contributed by atoms with Gasteiger partial charge < -0.3 is 21.1 Å². The number of rotatable bonds is 11. The van der Waals surface area contributed by atoms with Gasteiger partial charge in [-0.1, -0.05) is 57.5 Å². The fourth-order valence-electron chi connectivity index (χ4n) is 6.17. The van der Waals surface area contributed by atoms with Gasteiger partial charge in [-0.2, -0.15) is 0 Å². The standard InChI is InChI=1S/C27H45N3O2.ClH/c1-8-26(7)27(9-2,18-29-17-24(31)32)25(21-13-11-20(6)12-14-21)22(16-28)23(15-19(4)5)30(26)10-3;/h11-14,19,25,29H,8-10,15-18,28H2,1-7H3,(H,31,32);1H. The number of carbonyl (C=O) groups is 1. The third-order valence-electron chi connectivity index (χ3n) is 7.85. The Morgan fingerprint density at radius 1 is 1.18 bits per heavy atom. The summed E-state index contributed by atoms with van der Waals surface area (Å²) in [6.45, 7) is 17.8. The Hall–Kier alpha value is -1.56. The quantitative estimate of drug-likeness (QED) is 0.399. The van der Waals surface area contributed by atoms with Crippen molar-refractivity contribution in [2.24, 2.45) is 17.1 Å². The summed E-state index contributed by atoms with van der Waals surface area (Å²) in [5.41, 5.74) is 11.4. The average Bonchev–Trinajstić information content (AvgIpc) is 2.75. The predicted octanol–water partition coefficient (Wildman–Crippen LogP) is 5.33. The minimum Gasteiger partial charge on any atom is -0.480 e. The zero-order valence-electron chi connectivity index (χ0n) is 21.7. The third-order valence-corrected chi connectivity index (χ3v) is 7.85. The van der Waals surface area contributed by atoms with Gasteiger partial charge in [0.15, 0.2) is 0 Å². The lowest BCUT2D eigenvalue weighted by Gasteiger charge is -2.63. The lowest BCUT2D eigenvalue weighted by atomic mass is 9.53. The Balaban J connectivity index is 0.00000544. The van der Waals surface area contributed by atoms with E-state index in [1.165, 1.54) is 22.4 Å². The van der Waals surface area contributed by atoms with E-state index in [9.17, 15) is 9.90 Å². The molecule has 5 nitrogen and oxygen atoms in total. The SMILES string of the molecule is CCN1C(CC(C)C)=C(CN)C(c2ccc(C)cc2)C(CC)(CNCC(=O)O)C1(C)CC.Cl. The van der Waals surface area contributed by atoms with Crippen LogP contribution in [0.4, 0.5) is 0 Å². The third kappa shape index (κ3) is 5.58. The van der Waals surface area contributed by atoms with Crippen LogP contribution in [-0.4, -0.2) is 47.7 Å². The molecule has 0 spiro atoms. The first-order chi connectivity index (χ1) is 15.1. The lowest BCUT2D eigenvalue weighted by molar-refractivity contribution is -0.136. The largest absolute Gasteiger partial charge is 0.480 e. The highest BCUT2D eigenvalue weighted by Gasteiger charge is 2.58. The molecule has 0 aliphatic carbocycles. The summed E-state index contributed by atoms with van der Waals surface area (Å²) < 4.78 is 0. The maximum absolute atomic E-state index is 11.4. The molecule has 4 N–H and O–H groups in total. The van der Waals surface area contributed by atoms with Gasteiger partial charge in [0.2, 0.25) is 0 Å². The van der Waals surface area contributed by atoms with E-state index in [-0.39, 0.29) is 35.8 Å². The number of aryl methyl sites for hydroxylation is 1. The van der Waals surface area contributed by atoms with Crippen LogP contribution in [0.25, 0.3) is 0 Å². The van der Waals surface area contributed by atoms with Crippen LogP contribution in [0.3, 0.4) is 0 Å². The summed E-state index contributed by atoms with van der Waals surface area (Å²) in [4.78, 5) is 14.0. The molecule has 0 radical (unpaired) electrons. The molecule has 3 unspecified atom stereocenters. The molecule has 0 amide bonds. The highest BCUT2D eigenvalue weighted by atomic mass is 35.5. The Morgan fingerprint density at radius 3 is 2.21 bits per heavy atom. The molecule has 0 saturated heterocycles. The van der Waals surface area contributed by atoms with E-state index < -0.39 is 5.97 Å². The van der Waals surface area contributed by atoms with Crippen molar-refractivity contribution in [3.63, 3.8) is 0 Å². The lowest BCUT2D eigenvalue weighted by Crippen LogP contribution is -2.66. The second-order valence-electron chi connectivity index (χ2n) is 10.00. The van der Waals surface area contributed by atoms with E-state index in [0.29, 0.717) is 19.0 Å². The summed E-state index contributed by atoms with van der Waals surface area (Å²) >= 11 is 0. The first-order valence-corrected chi connectivity index (χ1v) is 12.3. The number of carboxylic acids is 1. The van der Waals surface area contributed by atoms with Gasteiger partial charge in [0.1, 0.15) is 0 Å². The fourth-order valence-corrected chi connectivity index (χ4v) is 6.17. The number of aliphatic carboxylic acids is 1. The van der Waals surface area contributed by atoms with Crippen LogP contribution >= 0.6 is 12.4 Å². The molecule has 1 aromatic carbocycles. The van der Waals surface area contributed by atoms with Crippen molar-refractivity contribution in [3.8, 4) is 0 Å². The number of nitrogens with two attached hydrogens (primary N) is 1. The van der Waals surface area contributed by atoms with Crippen molar-refractivity contribution in [1.82, 2.24) is 10.2 Å². The summed E-state index contributed by atoms with van der Waals surface area (Å²) in [5, 5.41) is 12.6. The number of allylic oxidation sites excluding steroid dienone is 1. The van der Waals surface area contributed by atoms with Crippen LogP contribution in [0.1, 0.15) is 77.8 Å². The number of nitrogens with one attached hydrogen (secondary N) is 1. The van der Waals surface area contributed by atoms with Crippen LogP contribution in [-0.2, 0) is 4.79 Å². The summed E-state index contributed by atoms with van der Waals surface area (Å²) in [6.07, 6.45) is 2.91. The number of halogens is 1. The molecule has 1 aliphatic heterocycles. The number of carboxylic acid groups (broad SMARTS) is 1. The van der Waals surface area contributed by atoms with E-state index in [4.69, 9.17) is 5.73 Å². The number of benzene rings is 1. The van der Waals surface area contributed by atoms with Crippen molar-refractivity contribution in [3.05, 3.63) is 46.7 Å². The van der Waals surface area contributed by atoms with Crippen LogP contribution < -0.4 is 11.1 Å². The Morgan fingerprint density at radius 2 is 1.79 bits per heavy atom. The van der Waals surface area contributed by atoms with Gasteiger partial charge in [-0.25, -0.2) is 0 Å². The molecule has 1 heterocycles. The predicted molar refractivity (Wildman–Crippen MR) is 141 cm³/mol. The normalized spacial score (nSPS) is 25.4. The van der Waals surface area contributed by atoms with E-state index in [2.05, 4.69) is 82.9 Å².